The molecule has 3 aromatic rings. The van der Waals surface area contributed by atoms with Gasteiger partial charge in [0.25, 0.3) is 10.0 Å². The maximum atomic E-state index is 13.0. The topological polar surface area (TPSA) is 74.1 Å². The van der Waals surface area contributed by atoms with Gasteiger partial charge in [-0.2, -0.15) is 8.42 Å². The maximum Gasteiger partial charge on any atom is 0.284 e. The molecule has 30 heavy (non-hydrogen) atoms. The molecule has 0 unspecified atom stereocenters. The molecule has 0 spiro atoms. The van der Waals surface area contributed by atoms with Gasteiger partial charge in [-0.3, -0.25) is 0 Å². The SMILES string of the molecule is CCSC(SCC)c1ccc(OC)cc1-c1cn(S(=O)(=O)c2ccc(C)cc2)nn1. The van der Waals surface area contributed by atoms with Crippen molar-refractivity contribution in [2.24, 2.45) is 0 Å². The van der Waals surface area contributed by atoms with E-state index in [-0.39, 0.29) is 9.48 Å². The number of hydrogen-bond acceptors (Lipinski definition) is 7. The second-order valence-electron chi connectivity index (χ2n) is 6.49. The first kappa shape index (κ1) is 22.7. The van der Waals surface area contributed by atoms with E-state index in [1.54, 1.807) is 31.4 Å². The summed E-state index contributed by atoms with van der Waals surface area (Å²) in [7, 11) is -2.20. The van der Waals surface area contributed by atoms with Gasteiger partial charge in [-0.05, 0) is 48.3 Å². The highest BCUT2D eigenvalue weighted by molar-refractivity contribution is 8.16. The van der Waals surface area contributed by atoms with E-state index in [2.05, 4.69) is 24.2 Å². The van der Waals surface area contributed by atoms with Gasteiger partial charge in [0.2, 0.25) is 0 Å². The van der Waals surface area contributed by atoms with E-state index in [0.29, 0.717) is 11.4 Å². The van der Waals surface area contributed by atoms with Crippen LogP contribution in [0.15, 0.2) is 53.6 Å². The molecule has 0 bridgehead atoms. The van der Waals surface area contributed by atoms with Crippen LogP contribution in [-0.4, -0.2) is 41.4 Å². The molecule has 160 valence electrons. The monoisotopic (exact) mass is 463 g/mol. The van der Waals surface area contributed by atoms with Crippen molar-refractivity contribution >= 4 is 33.5 Å². The lowest BCUT2D eigenvalue weighted by molar-refractivity contribution is 0.415. The van der Waals surface area contributed by atoms with Crippen LogP contribution in [0.3, 0.4) is 0 Å². The number of methoxy groups -OCH3 is 1. The summed E-state index contributed by atoms with van der Waals surface area (Å²) >= 11 is 3.67. The van der Waals surface area contributed by atoms with Crippen LogP contribution in [0.25, 0.3) is 11.3 Å². The molecule has 0 saturated heterocycles. The Morgan fingerprint density at radius 3 is 2.33 bits per heavy atom. The molecule has 1 heterocycles. The van der Waals surface area contributed by atoms with Gasteiger partial charge < -0.3 is 4.74 Å². The highest BCUT2D eigenvalue weighted by atomic mass is 32.2. The summed E-state index contributed by atoms with van der Waals surface area (Å²) in [5, 5.41) is 8.13. The zero-order valence-electron chi connectivity index (χ0n) is 17.4. The Labute approximate surface area is 186 Å². The van der Waals surface area contributed by atoms with Gasteiger partial charge in [0.15, 0.2) is 0 Å². The number of hydrogen-bond donors (Lipinski definition) is 0. The number of nitrogens with zero attached hydrogens (tertiary/aromatic N) is 3. The van der Waals surface area contributed by atoms with Gasteiger partial charge in [0, 0.05) is 5.56 Å². The van der Waals surface area contributed by atoms with E-state index in [9.17, 15) is 8.42 Å². The van der Waals surface area contributed by atoms with Crippen molar-refractivity contribution in [2.45, 2.75) is 30.2 Å². The quantitative estimate of drug-likeness (QED) is 0.413. The number of aromatic nitrogens is 3. The lowest BCUT2D eigenvalue weighted by atomic mass is 10.1. The first-order valence-electron chi connectivity index (χ1n) is 9.56. The normalized spacial score (nSPS) is 11.8. The minimum atomic E-state index is -3.81. The molecular formula is C21H25N3O3S3. The van der Waals surface area contributed by atoms with E-state index in [4.69, 9.17) is 4.74 Å². The number of aryl methyl sites for hydroxylation is 1. The highest BCUT2D eigenvalue weighted by Crippen LogP contribution is 2.44. The van der Waals surface area contributed by atoms with Gasteiger partial charge in [0.05, 0.1) is 22.8 Å². The first-order valence-corrected chi connectivity index (χ1v) is 13.1. The molecule has 0 atom stereocenters. The molecule has 0 aliphatic carbocycles. The summed E-state index contributed by atoms with van der Waals surface area (Å²) in [6.45, 7) is 6.16. The third kappa shape index (κ3) is 4.84. The Balaban J connectivity index is 2.06. The molecule has 3 rings (SSSR count). The summed E-state index contributed by atoms with van der Waals surface area (Å²) in [5.41, 5.74) is 3.39. The minimum Gasteiger partial charge on any atom is -0.497 e. The van der Waals surface area contributed by atoms with Gasteiger partial charge in [-0.25, -0.2) is 0 Å². The predicted molar refractivity (Wildman–Crippen MR) is 125 cm³/mol. The van der Waals surface area contributed by atoms with Crippen LogP contribution < -0.4 is 4.74 Å². The first-order chi connectivity index (χ1) is 14.4. The summed E-state index contributed by atoms with van der Waals surface area (Å²) in [6.07, 6.45) is 1.47. The average Bonchev–Trinajstić information content (AvgIpc) is 3.24. The van der Waals surface area contributed by atoms with Crippen LogP contribution in [0.5, 0.6) is 5.75 Å². The van der Waals surface area contributed by atoms with Gasteiger partial charge >= 0.3 is 0 Å². The largest absolute Gasteiger partial charge is 0.497 e. The third-order valence-corrected chi connectivity index (χ3v) is 8.60. The molecule has 0 saturated carbocycles. The number of ether oxygens (including phenoxy) is 1. The van der Waals surface area contributed by atoms with E-state index in [0.717, 1.165) is 32.3 Å². The van der Waals surface area contributed by atoms with Crippen LogP contribution >= 0.6 is 23.5 Å². The van der Waals surface area contributed by atoms with E-state index in [1.165, 1.54) is 6.20 Å². The van der Waals surface area contributed by atoms with Crippen LogP contribution in [0.4, 0.5) is 0 Å². The molecule has 9 heteroatoms. The zero-order chi connectivity index (χ0) is 21.7. The van der Waals surface area contributed by atoms with Crippen molar-refractivity contribution in [3.05, 3.63) is 59.8 Å². The summed E-state index contributed by atoms with van der Waals surface area (Å²) < 4.78 is 32.5. The van der Waals surface area contributed by atoms with Crippen LogP contribution in [0.1, 0.15) is 29.6 Å². The third-order valence-electron chi connectivity index (χ3n) is 4.46. The molecule has 6 nitrogen and oxygen atoms in total. The number of benzene rings is 2. The lowest BCUT2D eigenvalue weighted by Crippen LogP contribution is -2.13. The van der Waals surface area contributed by atoms with Crippen molar-refractivity contribution in [2.75, 3.05) is 18.6 Å². The van der Waals surface area contributed by atoms with Crippen LogP contribution in [0.2, 0.25) is 0 Å². The Hall–Kier alpha value is -1.97. The summed E-state index contributed by atoms with van der Waals surface area (Å²) in [6, 6.07) is 12.5. The van der Waals surface area contributed by atoms with Crippen molar-refractivity contribution in [1.29, 1.82) is 0 Å². The Kier molecular flexibility index (Phi) is 7.49. The molecular weight excluding hydrogens is 438 g/mol. The van der Waals surface area contributed by atoms with Gasteiger partial charge in [-0.1, -0.05) is 42.8 Å². The lowest BCUT2D eigenvalue weighted by Gasteiger charge is -2.18. The zero-order valence-corrected chi connectivity index (χ0v) is 19.9. The molecule has 0 aliphatic heterocycles. The summed E-state index contributed by atoms with van der Waals surface area (Å²) in [4.78, 5) is 0.177. The molecule has 0 fully saturated rings. The highest BCUT2D eigenvalue weighted by Gasteiger charge is 2.23. The standard InChI is InChI=1S/C21H25N3O3S3/c1-5-28-21(29-6-2)18-12-9-16(27-4)13-19(18)20-14-24(23-22-20)30(25,26)17-10-7-15(3)8-11-17/h7-14,21H,5-6H2,1-4H3. The van der Waals surface area contributed by atoms with E-state index >= 15 is 0 Å². The maximum absolute atomic E-state index is 13.0. The smallest absolute Gasteiger partial charge is 0.284 e. The molecule has 1 aromatic heterocycles. The van der Waals surface area contributed by atoms with Crippen LogP contribution in [0, 0.1) is 6.92 Å². The predicted octanol–water partition coefficient (Wildman–Crippen LogP) is 5.00. The Morgan fingerprint density at radius 1 is 1.07 bits per heavy atom. The van der Waals surface area contributed by atoms with Crippen molar-refractivity contribution < 1.29 is 13.2 Å². The van der Waals surface area contributed by atoms with E-state index in [1.807, 2.05) is 48.6 Å². The minimum absolute atomic E-state index is 0.177. The molecule has 0 amide bonds. The van der Waals surface area contributed by atoms with Gasteiger partial charge in [0.1, 0.15) is 11.4 Å². The fourth-order valence-corrected chi connectivity index (χ4v) is 6.57. The van der Waals surface area contributed by atoms with Crippen LogP contribution in [-0.2, 0) is 10.0 Å². The fraction of sp³-hybridized carbons (Fsp3) is 0.333. The Morgan fingerprint density at radius 2 is 1.73 bits per heavy atom. The second kappa shape index (κ2) is 9.89. The Bertz CT molecular complexity index is 1090. The average molecular weight is 464 g/mol. The fourth-order valence-electron chi connectivity index (χ4n) is 2.93. The molecule has 0 aliphatic rings. The van der Waals surface area contributed by atoms with Crippen molar-refractivity contribution in [1.82, 2.24) is 14.4 Å². The van der Waals surface area contributed by atoms with Crippen molar-refractivity contribution in [3.63, 3.8) is 0 Å². The van der Waals surface area contributed by atoms with Gasteiger partial charge in [-0.15, -0.1) is 32.7 Å². The second-order valence-corrected chi connectivity index (χ2v) is 11.3. The summed E-state index contributed by atoms with van der Waals surface area (Å²) in [5.74, 6) is 2.63. The molecule has 0 radical (unpaired) electrons. The van der Waals surface area contributed by atoms with E-state index < -0.39 is 10.0 Å². The van der Waals surface area contributed by atoms with Crippen molar-refractivity contribution in [3.8, 4) is 17.0 Å². The molecule has 0 N–H and O–H groups in total. The number of thioether (sulfide) groups is 2. The molecule has 2 aromatic carbocycles. The number of rotatable bonds is 9.